The summed E-state index contributed by atoms with van der Waals surface area (Å²) in [5.74, 6) is 1.41. The lowest BCUT2D eigenvalue weighted by Crippen LogP contribution is -2.22. The van der Waals surface area contributed by atoms with Crippen LogP contribution >= 0.6 is 0 Å². The van der Waals surface area contributed by atoms with Crippen molar-refractivity contribution in [2.24, 2.45) is 0 Å². The van der Waals surface area contributed by atoms with E-state index >= 15 is 0 Å². The van der Waals surface area contributed by atoms with Crippen molar-refractivity contribution in [3.05, 3.63) is 18.7 Å². The SMILES string of the molecule is CNc1nc(NC(C)CC(C)O)nc(-n2ccnc2)n1. The molecule has 0 spiro atoms. The van der Waals surface area contributed by atoms with Crippen LogP contribution in [0, 0.1) is 0 Å². The van der Waals surface area contributed by atoms with Crippen molar-refractivity contribution in [3.63, 3.8) is 0 Å². The van der Waals surface area contributed by atoms with Gasteiger partial charge < -0.3 is 15.7 Å². The van der Waals surface area contributed by atoms with E-state index in [1.165, 1.54) is 0 Å². The molecule has 0 radical (unpaired) electrons. The van der Waals surface area contributed by atoms with Crippen LogP contribution in [0.4, 0.5) is 11.9 Å². The van der Waals surface area contributed by atoms with E-state index in [1.54, 1.807) is 37.3 Å². The Balaban J connectivity index is 2.22. The van der Waals surface area contributed by atoms with Gasteiger partial charge in [0.2, 0.25) is 17.8 Å². The van der Waals surface area contributed by atoms with Crippen LogP contribution in [-0.2, 0) is 0 Å². The molecule has 8 heteroatoms. The van der Waals surface area contributed by atoms with Gasteiger partial charge in [0, 0.05) is 25.5 Å². The molecule has 0 aliphatic heterocycles. The second-order valence-corrected chi connectivity index (χ2v) is 4.63. The van der Waals surface area contributed by atoms with E-state index in [1.807, 2.05) is 6.92 Å². The summed E-state index contributed by atoms with van der Waals surface area (Å²) < 4.78 is 1.70. The van der Waals surface area contributed by atoms with Crippen molar-refractivity contribution >= 4 is 11.9 Å². The molecule has 2 aromatic rings. The number of anilines is 2. The van der Waals surface area contributed by atoms with Gasteiger partial charge in [0.15, 0.2) is 0 Å². The molecule has 2 aromatic heterocycles. The number of nitrogens with zero attached hydrogens (tertiary/aromatic N) is 5. The van der Waals surface area contributed by atoms with Crippen LogP contribution in [0.5, 0.6) is 0 Å². The van der Waals surface area contributed by atoms with E-state index in [2.05, 4.69) is 30.6 Å². The van der Waals surface area contributed by atoms with Crippen molar-refractivity contribution in [2.75, 3.05) is 17.7 Å². The molecule has 2 atom stereocenters. The Morgan fingerprint density at radius 2 is 2.00 bits per heavy atom. The first-order valence-electron chi connectivity index (χ1n) is 6.45. The highest BCUT2D eigenvalue weighted by atomic mass is 16.3. The Morgan fingerprint density at radius 3 is 2.60 bits per heavy atom. The Kier molecular flexibility index (Phi) is 4.46. The number of hydrogen-bond donors (Lipinski definition) is 3. The zero-order valence-electron chi connectivity index (χ0n) is 11.8. The van der Waals surface area contributed by atoms with Crippen LogP contribution in [-0.4, -0.2) is 48.8 Å². The number of imidazole rings is 1. The zero-order valence-corrected chi connectivity index (χ0v) is 11.8. The molecule has 20 heavy (non-hydrogen) atoms. The average Bonchev–Trinajstić information content (AvgIpc) is 2.91. The molecule has 3 N–H and O–H groups in total. The molecular formula is C12H19N7O. The predicted octanol–water partition coefficient (Wildman–Crippen LogP) is 0.670. The molecule has 0 aromatic carbocycles. The normalized spacial score (nSPS) is 13.8. The van der Waals surface area contributed by atoms with Gasteiger partial charge in [-0.3, -0.25) is 4.57 Å². The quantitative estimate of drug-likeness (QED) is 0.713. The summed E-state index contributed by atoms with van der Waals surface area (Å²) in [4.78, 5) is 16.8. The summed E-state index contributed by atoms with van der Waals surface area (Å²) in [5, 5.41) is 15.4. The topological polar surface area (TPSA) is 101 Å². The van der Waals surface area contributed by atoms with Crippen molar-refractivity contribution in [1.29, 1.82) is 0 Å². The molecule has 0 saturated heterocycles. The summed E-state index contributed by atoms with van der Waals surface area (Å²) in [6.07, 6.45) is 5.28. The van der Waals surface area contributed by atoms with Gasteiger partial charge in [0.1, 0.15) is 6.33 Å². The van der Waals surface area contributed by atoms with Crippen LogP contribution in [0.1, 0.15) is 20.3 Å². The Hall–Kier alpha value is -2.22. The second kappa shape index (κ2) is 6.29. The number of aromatic nitrogens is 5. The third kappa shape index (κ3) is 3.64. The standard InChI is InChI=1S/C12H19N7O/c1-8(6-9(2)20)15-11-16-10(13-3)17-12(18-11)19-5-4-14-7-19/h4-5,7-9,20H,6H2,1-3H3,(H2,13,15,16,17,18). The van der Waals surface area contributed by atoms with E-state index in [4.69, 9.17) is 0 Å². The van der Waals surface area contributed by atoms with Gasteiger partial charge in [0.05, 0.1) is 6.10 Å². The summed E-state index contributed by atoms with van der Waals surface area (Å²) in [6, 6.07) is 0.0535. The van der Waals surface area contributed by atoms with Gasteiger partial charge in [-0.2, -0.15) is 15.0 Å². The number of rotatable bonds is 6. The highest BCUT2D eigenvalue weighted by molar-refractivity contribution is 5.38. The van der Waals surface area contributed by atoms with Crippen LogP contribution in [0.2, 0.25) is 0 Å². The molecule has 0 aliphatic carbocycles. The third-order valence-electron chi connectivity index (χ3n) is 2.65. The van der Waals surface area contributed by atoms with Crippen LogP contribution in [0.15, 0.2) is 18.7 Å². The fraction of sp³-hybridized carbons (Fsp3) is 0.500. The van der Waals surface area contributed by atoms with Crippen molar-refractivity contribution in [2.45, 2.75) is 32.4 Å². The first-order chi connectivity index (χ1) is 9.58. The molecule has 0 fully saturated rings. The van der Waals surface area contributed by atoms with Crippen LogP contribution in [0.25, 0.3) is 5.95 Å². The van der Waals surface area contributed by atoms with Gasteiger partial charge >= 0.3 is 0 Å². The highest BCUT2D eigenvalue weighted by Crippen LogP contribution is 2.11. The zero-order chi connectivity index (χ0) is 14.5. The smallest absolute Gasteiger partial charge is 0.241 e. The number of aliphatic hydroxyl groups excluding tert-OH is 1. The lowest BCUT2D eigenvalue weighted by atomic mass is 10.2. The minimum atomic E-state index is -0.378. The molecule has 0 aliphatic rings. The lowest BCUT2D eigenvalue weighted by molar-refractivity contribution is 0.179. The number of aliphatic hydroxyl groups is 1. The maximum absolute atomic E-state index is 9.39. The molecule has 0 saturated carbocycles. The van der Waals surface area contributed by atoms with Gasteiger partial charge in [-0.25, -0.2) is 4.98 Å². The summed E-state index contributed by atoms with van der Waals surface area (Å²) >= 11 is 0. The van der Waals surface area contributed by atoms with E-state index < -0.39 is 0 Å². The van der Waals surface area contributed by atoms with E-state index in [0.717, 1.165) is 0 Å². The second-order valence-electron chi connectivity index (χ2n) is 4.63. The Morgan fingerprint density at radius 1 is 1.25 bits per heavy atom. The van der Waals surface area contributed by atoms with E-state index in [0.29, 0.717) is 24.3 Å². The van der Waals surface area contributed by atoms with E-state index in [-0.39, 0.29) is 12.1 Å². The fourth-order valence-corrected chi connectivity index (χ4v) is 1.82. The van der Waals surface area contributed by atoms with E-state index in [9.17, 15) is 5.11 Å². The van der Waals surface area contributed by atoms with Gasteiger partial charge in [-0.15, -0.1) is 0 Å². The summed E-state index contributed by atoms with van der Waals surface area (Å²) in [6.45, 7) is 3.72. The Bertz CT molecular complexity index is 541. The van der Waals surface area contributed by atoms with Gasteiger partial charge in [0.25, 0.3) is 0 Å². The molecule has 2 unspecified atom stereocenters. The monoisotopic (exact) mass is 277 g/mol. The molecule has 0 amide bonds. The molecular weight excluding hydrogens is 258 g/mol. The summed E-state index contributed by atoms with van der Waals surface area (Å²) in [7, 11) is 1.75. The van der Waals surface area contributed by atoms with Gasteiger partial charge in [-0.1, -0.05) is 0 Å². The van der Waals surface area contributed by atoms with Crippen molar-refractivity contribution in [1.82, 2.24) is 24.5 Å². The predicted molar refractivity (Wildman–Crippen MR) is 75.9 cm³/mol. The minimum absolute atomic E-state index is 0.0535. The van der Waals surface area contributed by atoms with Crippen LogP contribution < -0.4 is 10.6 Å². The van der Waals surface area contributed by atoms with Crippen molar-refractivity contribution < 1.29 is 5.11 Å². The summed E-state index contributed by atoms with van der Waals surface area (Å²) in [5.41, 5.74) is 0. The first-order valence-corrected chi connectivity index (χ1v) is 6.45. The Labute approximate surface area is 117 Å². The molecule has 0 bridgehead atoms. The molecule has 108 valence electrons. The maximum atomic E-state index is 9.39. The lowest BCUT2D eigenvalue weighted by Gasteiger charge is -2.16. The maximum Gasteiger partial charge on any atom is 0.241 e. The number of nitrogens with one attached hydrogen (secondary N) is 2. The largest absolute Gasteiger partial charge is 0.393 e. The highest BCUT2D eigenvalue weighted by Gasteiger charge is 2.11. The van der Waals surface area contributed by atoms with Crippen LogP contribution in [0.3, 0.4) is 0 Å². The molecule has 8 nitrogen and oxygen atoms in total. The third-order valence-corrected chi connectivity index (χ3v) is 2.65. The molecule has 2 heterocycles. The minimum Gasteiger partial charge on any atom is -0.393 e. The van der Waals surface area contributed by atoms with Crippen molar-refractivity contribution in [3.8, 4) is 5.95 Å². The molecule has 2 rings (SSSR count). The fourth-order valence-electron chi connectivity index (χ4n) is 1.82. The van der Waals surface area contributed by atoms with Gasteiger partial charge in [-0.05, 0) is 20.3 Å². The number of hydrogen-bond acceptors (Lipinski definition) is 7. The first kappa shape index (κ1) is 14.2. The average molecular weight is 277 g/mol.